The zero-order chi connectivity index (χ0) is 13.8. The van der Waals surface area contributed by atoms with E-state index >= 15 is 0 Å². The molecule has 0 bridgehead atoms. The molecule has 1 unspecified atom stereocenters. The van der Waals surface area contributed by atoms with Crippen LogP contribution < -0.4 is 5.48 Å². The SMILES string of the molecule is CC.CONC(=O)CC(O)CCc1ccccc1. The van der Waals surface area contributed by atoms with Crippen LogP contribution in [0.1, 0.15) is 32.3 Å². The van der Waals surface area contributed by atoms with E-state index in [-0.39, 0.29) is 12.3 Å². The van der Waals surface area contributed by atoms with Crippen molar-refractivity contribution in [1.82, 2.24) is 5.48 Å². The molecule has 1 rings (SSSR count). The number of aryl methyl sites for hydroxylation is 1. The number of hydroxylamine groups is 1. The molecule has 0 radical (unpaired) electrons. The Bertz CT molecular complexity index is 314. The van der Waals surface area contributed by atoms with Gasteiger partial charge in [-0.1, -0.05) is 44.2 Å². The van der Waals surface area contributed by atoms with Crippen molar-refractivity contribution in [2.45, 2.75) is 39.2 Å². The number of carbonyl (C=O) groups excluding carboxylic acids is 1. The van der Waals surface area contributed by atoms with E-state index in [0.717, 1.165) is 12.0 Å². The van der Waals surface area contributed by atoms with E-state index in [0.29, 0.717) is 6.42 Å². The average molecular weight is 253 g/mol. The number of hydrogen-bond acceptors (Lipinski definition) is 3. The van der Waals surface area contributed by atoms with Crippen LogP contribution in [0.2, 0.25) is 0 Å². The first kappa shape index (κ1) is 16.6. The van der Waals surface area contributed by atoms with Crippen molar-refractivity contribution in [3.05, 3.63) is 35.9 Å². The molecule has 0 saturated heterocycles. The maximum atomic E-state index is 11.1. The number of benzene rings is 1. The lowest BCUT2D eigenvalue weighted by atomic mass is 10.1. The van der Waals surface area contributed by atoms with Crippen LogP contribution in [0, 0.1) is 0 Å². The molecule has 1 amide bonds. The standard InChI is InChI=1S/C12H17NO3.C2H6/c1-16-13-12(15)9-11(14)8-7-10-5-3-2-4-6-10;1-2/h2-6,11,14H,7-9H2,1H3,(H,13,15);1-2H3. The van der Waals surface area contributed by atoms with Crippen molar-refractivity contribution < 1.29 is 14.7 Å². The lowest BCUT2D eigenvalue weighted by molar-refractivity contribution is -0.133. The minimum Gasteiger partial charge on any atom is -0.393 e. The number of amides is 1. The molecular formula is C14H23NO3. The van der Waals surface area contributed by atoms with Gasteiger partial charge in [-0.3, -0.25) is 9.63 Å². The van der Waals surface area contributed by atoms with Crippen LogP contribution in [-0.2, 0) is 16.1 Å². The summed E-state index contributed by atoms with van der Waals surface area (Å²) in [5.74, 6) is -0.303. The van der Waals surface area contributed by atoms with E-state index in [1.54, 1.807) is 0 Å². The Balaban J connectivity index is 0.00000137. The molecular weight excluding hydrogens is 230 g/mol. The summed E-state index contributed by atoms with van der Waals surface area (Å²) in [6.45, 7) is 4.00. The van der Waals surface area contributed by atoms with Crippen LogP contribution >= 0.6 is 0 Å². The third-order valence-corrected chi connectivity index (χ3v) is 2.25. The normalized spacial score (nSPS) is 11.1. The molecule has 0 fully saturated rings. The first-order valence-corrected chi connectivity index (χ1v) is 6.26. The number of rotatable bonds is 6. The quantitative estimate of drug-likeness (QED) is 0.763. The lowest BCUT2D eigenvalue weighted by Gasteiger charge is -2.09. The van der Waals surface area contributed by atoms with Gasteiger partial charge < -0.3 is 5.11 Å². The van der Waals surface area contributed by atoms with Gasteiger partial charge >= 0.3 is 0 Å². The van der Waals surface area contributed by atoms with Crippen molar-refractivity contribution >= 4 is 5.91 Å². The van der Waals surface area contributed by atoms with Gasteiger partial charge in [-0.25, -0.2) is 5.48 Å². The minimum absolute atomic E-state index is 0.0701. The Morgan fingerprint density at radius 1 is 1.33 bits per heavy atom. The van der Waals surface area contributed by atoms with Gasteiger partial charge in [-0.05, 0) is 18.4 Å². The van der Waals surface area contributed by atoms with E-state index in [1.807, 2.05) is 44.2 Å². The van der Waals surface area contributed by atoms with Crippen molar-refractivity contribution in [3.8, 4) is 0 Å². The highest BCUT2D eigenvalue weighted by Gasteiger charge is 2.10. The Morgan fingerprint density at radius 3 is 2.50 bits per heavy atom. The number of hydrogen-bond donors (Lipinski definition) is 2. The second-order valence-corrected chi connectivity index (χ2v) is 3.61. The Hall–Kier alpha value is -1.39. The average Bonchev–Trinajstić information content (AvgIpc) is 2.40. The molecule has 0 heterocycles. The summed E-state index contributed by atoms with van der Waals surface area (Å²) in [7, 11) is 1.37. The molecule has 102 valence electrons. The molecule has 4 nitrogen and oxygen atoms in total. The summed E-state index contributed by atoms with van der Waals surface area (Å²) in [5.41, 5.74) is 3.34. The molecule has 0 aliphatic heterocycles. The van der Waals surface area contributed by atoms with Crippen LogP contribution in [0.3, 0.4) is 0 Å². The van der Waals surface area contributed by atoms with E-state index < -0.39 is 6.10 Å². The summed E-state index contributed by atoms with van der Waals surface area (Å²) in [6, 6.07) is 9.87. The molecule has 0 aliphatic rings. The van der Waals surface area contributed by atoms with E-state index in [4.69, 9.17) is 0 Å². The van der Waals surface area contributed by atoms with Crippen LogP contribution in [0.25, 0.3) is 0 Å². The molecule has 4 heteroatoms. The Kier molecular flexibility index (Phi) is 9.91. The first-order valence-electron chi connectivity index (χ1n) is 6.26. The van der Waals surface area contributed by atoms with Gasteiger partial charge in [-0.15, -0.1) is 0 Å². The molecule has 1 atom stereocenters. The highest BCUT2D eigenvalue weighted by Crippen LogP contribution is 2.06. The van der Waals surface area contributed by atoms with E-state index in [9.17, 15) is 9.90 Å². The van der Waals surface area contributed by atoms with Crippen LogP contribution in [0.4, 0.5) is 0 Å². The molecule has 1 aromatic rings. The summed E-state index contributed by atoms with van der Waals surface area (Å²) < 4.78 is 0. The summed E-state index contributed by atoms with van der Waals surface area (Å²) in [6.07, 6.45) is 0.778. The van der Waals surface area contributed by atoms with Gasteiger partial charge in [0.05, 0.1) is 19.6 Å². The van der Waals surface area contributed by atoms with Gasteiger partial charge in [-0.2, -0.15) is 0 Å². The van der Waals surface area contributed by atoms with Crippen molar-refractivity contribution in [1.29, 1.82) is 0 Å². The van der Waals surface area contributed by atoms with E-state index in [2.05, 4.69) is 10.3 Å². The van der Waals surface area contributed by atoms with Gasteiger partial charge in [0.15, 0.2) is 0 Å². The van der Waals surface area contributed by atoms with Gasteiger partial charge in [0.25, 0.3) is 0 Å². The fourth-order valence-corrected chi connectivity index (χ4v) is 1.45. The molecule has 0 saturated carbocycles. The smallest absolute Gasteiger partial charge is 0.246 e. The highest BCUT2D eigenvalue weighted by molar-refractivity contribution is 5.75. The highest BCUT2D eigenvalue weighted by atomic mass is 16.6. The molecule has 2 N–H and O–H groups in total. The third-order valence-electron chi connectivity index (χ3n) is 2.25. The summed E-state index contributed by atoms with van der Waals surface area (Å²) in [4.78, 5) is 15.5. The van der Waals surface area contributed by atoms with Gasteiger partial charge in [0.1, 0.15) is 0 Å². The van der Waals surface area contributed by atoms with Crippen LogP contribution in [-0.4, -0.2) is 24.2 Å². The van der Waals surface area contributed by atoms with Crippen molar-refractivity contribution in [2.75, 3.05) is 7.11 Å². The van der Waals surface area contributed by atoms with Crippen molar-refractivity contribution in [2.24, 2.45) is 0 Å². The number of carbonyl (C=O) groups is 1. The molecule has 0 aliphatic carbocycles. The topological polar surface area (TPSA) is 58.6 Å². The molecule has 0 aromatic heterocycles. The monoisotopic (exact) mass is 253 g/mol. The molecule has 1 aromatic carbocycles. The van der Waals surface area contributed by atoms with Gasteiger partial charge in [0.2, 0.25) is 5.91 Å². The fraction of sp³-hybridized carbons (Fsp3) is 0.500. The predicted octanol–water partition coefficient (Wildman–Crippen LogP) is 2.07. The number of nitrogens with one attached hydrogen (secondary N) is 1. The summed E-state index contributed by atoms with van der Waals surface area (Å²) >= 11 is 0. The zero-order valence-electron chi connectivity index (χ0n) is 11.3. The predicted molar refractivity (Wildman–Crippen MR) is 71.9 cm³/mol. The lowest BCUT2D eigenvalue weighted by Crippen LogP contribution is -2.26. The minimum atomic E-state index is -0.629. The van der Waals surface area contributed by atoms with Crippen LogP contribution in [0.15, 0.2) is 30.3 Å². The summed E-state index contributed by atoms with van der Waals surface area (Å²) in [5, 5.41) is 9.59. The van der Waals surface area contributed by atoms with E-state index in [1.165, 1.54) is 7.11 Å². The largest absolute Gasteiger partial charge is 0.393 e. The van der Waals surface area contributed by atoms with Crippen molar-refractivity contribution in [3.63, 3.8) is 0 Å². The first-order chi connectivity index (χ1) is 8.72. The Labute approximate surface area is 109 Å². The molecule has 0 spiro atoms. The van der Waals surface area contributed by atoms with Gasteiger partial charge in [0, 0.05) is 0 Å². The fourth-order valence-electron chi connectivity index (χ4n) is 1.45. The maximum Gasteiger partial charge on any atom is 0.246 e. The number of aliphatic hydroxyl groups is 1. The maximum absolute atomic E-state index is 11.1. The van der Waals surface area contributed by atoms with Crippen LogP contribution in [0.5, 0.6) is 0 Å². The molecule has 18 heavy (non-hydrogen) atoms. The zero-order valence-corrected chi connectivity index (χ0v) is 11.3. The third kappa shape index (κ3) is 7.81. The number of aliphatic hydroxyl groups excluding tert-OH is 1. The Morgan fingerprint density at radius 2 is 1.94 bits per heavy atom. The second kappa shape index (κ2) is 10.7. The second-order valence-electron chi connectivity index (χ2n) is 3.61.